The molecule has 0 unspecified atom stereocenters. The first-order valence-electron chi connectivity index (χ1n) is 10.3. The molecular weight excluding hydrogens is 438 g/mol. The highest BCUT2D eigenvalue weighted by Gasteiger charge is 2.41. The Balaban J connectivity index is 1.94. The first-order chi connectivity index (χ1) is 14.8. The van der Waals surface area contributed by atoms with Gasteiger partial charge in [0.1, 0.15) is 16.1 Å². The number of rotatable bonds is 13. The van der Waals surface area contributed by atoms with Crippen LogP contribution in [0.3, 0.4) is 0 Å². The summed E-state index contributed by atoms with van der Waals surface area (Å²) in [6.45, 7) is 2.85. The smallest absolute Gasteiger partial charge is 0.327 e. The largest absolute Gasteiger partial charge is 0.494 e. The number of carbonyl (C=O) groups is 3. The third-order valence-electron chi connectivity index (χ3n) is 4.73. The van der Waals surface area contributed by atoms with Crippen molar-refractivity contribution in [1.29, 1.82) is 0 Å². The van der Waals surface area contributed by atoms with Crippen molar-refractivity contribution in [1.82, 2.24) is 4.90 Å². The number of hydrogen-bond acceptors (Lipinski definition) is 6. The summed E-state index contributed by atoms with van der Waals surface area (Å²) in [6.07, 6.45) is 8.04. The summed E-state index contributed by atoms with van der Waals surface area (Å²) in [5.41, 5.74) is 0.734. The molecule has 7 nitrogen and oxygen atoms in total. The molecule has 1 aromatic rings. The van der Waals surface area contributed by atoms with E-state index >= 15 is 0 Å². The standard InChI is InChI=1S/C22H27NO6S2/c1-2-3-4-5-6-7-12-29-16-10-8-15(9-11-16)13-18-20(26)23(22(30)31-18)17(21(27)28)14-19(24)25/h8-11,13,17H,2-7,12,14H2,1H3,(H,24,25)(H,27,28)/b18-13-/t17-/m0/s1. The van der Waals surface area contributed by atoms with Gasteiger partial charge in [0.05, 0.1) is 17.9 Å². The van der Waals surface area contributed by atoms with Crippen molar-refractivity contribution in [3.63, 3.8) is 0 Å². The van der Waals surface area contributed by atoms with E-state index in [0.29, 0.717) is 6.61 Å². The fraction of sp³-hybridized carbons (Fsp3) is 0.455. The van der Waals surface area contributed by atoms with Gasteiger partial charge in [-0.05, 0) is 30.2 Å². The number of benzene rings is 1. The normalized spacial score (nSPS) is 16.0. The maximum Gasteiger partial charge on any atom is 0.327 e. The van der Waals surface area contributed by atoms with Crippen molar-refractivity contribution in [3.8, 4) is 5.75 Å². The highest BCUT2D eigenvalue weighted by molar-refractivity contribution is 8.26. The molecule has 0 bridgehead atoms. The zero-order valence-corrected chi connectivity index (χ0v) is 19.0. The summed E-state index contributed by atoms with van der Waals surface area (Å²) >= 11 is 6.08. The summed E-state index contributed by atoms with van der Waals surface area (Å²) in [5, 5.41) is 18.2. The van der Waals surface area contributed by atoms with E-state index in [1.165, 1.54) is 25.7 Å². The van der Waals surface area contributed by atoms with Gasteiger partial charge in [0.15, 0.2) is 0 Å². The zero-order chi connectivity index (χ0) is 22.8. The van der Waals surface area contributed by atoms with Gasteiger partial charge in [-0.3, -0.25) is 14.5 Å². The number of nitrogens with zero attached hydrogens (tertiary/aromatic N) is 1. The lowest BCUT2D eigenvalue weighted by Gasteiger charge is -2.21. The van der Waals surface area contributed by atoms with Gasteiger partial charge in [0.25, 0.3) is 5.91 Å². The molecule has 1 fully saturated rings. The van der Waals surface area contributed by atoms with Crippen molar-refractivity contribution < 1.29 is 29.3 Å². The van der Waals surface area contributed by atoms with Crippen molar-refractivity contribution >= 4 is 52.2 Å². The quantitative estimate of drug-likeness (QED) is 0.248. The van der Waals surface area contributed by atoms with Gasteiger partial charge in [-0.1, -0.05) is 75.1 Å². The van der Waals surface area contributed by atoms with Crippen molar-refractivity contribution in [2.75, 3.05) is 6.61 Å². The fourth-order valence-corrected chi connectivity index (χ4v) is 4.44. The van der Waals surface area contributed by atoms with Gasteiger partial charge in [-0.15, -0.1) is 0 Å². The second-order valence-corrected chi connectivity index (χ2v) is 8.86. The van der Waals surface area contributed by atoms with Crippen LogP contribution in [0.5, 0.6) is 5.75 Å². The van der Waals surface area contributed by atoms with E-state index in [4.69, 9.17) is 22.1 Å². The van der Waals surface area contributed by atoms with Crippen molar-refractivity contribution in [2.45, 2.75) is 57.9 Å². The summed E-state index contributed by atoms with van der Waals surface area (Å²) in [4.78, 5) is 36.2. The Morgan fingerprint density at radius 1 is 1.13 bits per heavy atom. The molecule has 1 amide bonds. The molecule has 1 aliphatic rings. The second kappa shape index (κ2) is 12.5. The molecule has 9 heteroatoms. The van der Waals surface area contributed by atoms with Gasteiger partial charge in [0, 0.05) is 0 Å². The summed E-state index contributed by atoms with van der Waals surface area (Å²) in [5.74, 6) is -2.59. The third kappa shape index (κ3) is 7.66. The monoisotopic (exact) mass is 465 g/mol. The van der Waals surface area contributed by atoms with E-state index in [0.717, 1.165) is 40.8 Å². The molecule has 168 valence electrons. The Labute approximate surface area is 191 Å². The molecule has 0 spiro atoms. The van der Waals surface area contributed by atoms with E-state index in [1.54, 1.807) is 18.2 Å². The SMILES string of the molecule is CCCCCCCCOc1ccc(/C=C2\SC(=S)N([C@@H](CC(=O)O)C(=O)O)C2=O)cc1. The van der Waals surface area contributed by atoms with Crippen molar-refractivity contribution in [2.24, 2.45) is 0 Å². The number of thiocarbonyl (C=S) groups is 1. The topological polar surface area (TPSA) is 104 Å². The summed E-state index contributed by atoms with van der Waals surface area (Å²) < 4.78 is 5.78. The molecule has 0 radical (unpaired) electrons. The summed E-state index contributed by atoms with van der Waals surface area (Å²) in [6, 6.07) is 5.69. The average Bonchev–Trinajstić information content (AvgIpc) is 2.99. The lowest BCUT2D eigenvalue weighted by atomic mass is 10.1. The molecule has 2 N–H and O–H groups in total. The lowest BCUT2D eigenvalue weighted by Crippen LogP contribution is -2.45. The predicted octanol–water partition coefficient (Wildman–Crippen LogP) is 4.56. The van der Waals surface area contributed by atoms with E-state index < -0.39 is 30.3 Å². The minimum Gasteiger partial charge on any atom is -0.494 e. The van der Waals surface area contributed by atoms with Gasteiger partial charge in [-0.25, -0.2) is 4.79 Å². The number of thioether (sulfide) groups is 1. The van der Waals surface area contributed by atoms with Crippen LogP contribution < -0.4 is 4.74 Å². The number of unbranched alkanes of at least 4 members (excludes halogenated alkanes) is 5. The number of hydrogen-bond donors (Lipinski definition) is 2. The van der Waals surface area contributed by atoms with Crippen molar-refractivity contribution in [3.05, 3.63) is 34.7 Å². The number of carboxylic acid groups (broad SMARTS) is 2. The molecule has 31 heavy (non-hydrogen) atoms. The number of carboxylic acids is 2. The molecular formula is C22H27NO6S2. The Morgan fingerprint density at radius 2 is 1.77 bits per heavy atom. The van der Waals surface area contributed by atoms with Crippen LogP contribution in [-0.2, 0) is 14.4 Å². The fourth-order valence-electron chi connectivity index (χ4n) is 3.09. The van der Waals surface area contributed by atoms with Gasteiger partial charge in [-0.2, -0.15) is 0 Å². The molecule has 1 saturated heterocycles. The molecule has 1 aromatic carbocycles. The van der Waals surface area contributed by atoms with Crippen LogP contribution in [0.4, 0.5) is 0 Å². The first-order valence-corrected chi connectivity index (χ1v) is 11.5. The Bertz CT molecular complexity index is 837. The minimum absolute atomic E-state index is 0.0313. The molecule has 1 heterocycles. The van der Waals surface area contributed by atoms with E-state index in [9.17, 15) is 19.5 Å². The maximum atomic E-state index is 12.7. The van der Waals surface area contributed by atoms with E-state index in [-0.39, 0.29) is 9.23 Å². The number of aliphatic carboxylic acids is 2. The number of carbonyl (C=O) groups excluding carboxylic acids is 1. The predicted molar refractivity (Wildman–Crippen MR) is 124 cm³/mol. The number of amides is 1. The molecule has 0 saturated carbocycles. The van der Waals surface area contributed by atoms with Crippen LogP contribution in [0.1, 0.15) is 57.4 Å². The third-order valence-corrected chi connectivity index (χ3v) is 6.06. The molecule has 0 aliphatic carbocycles. The number of ether oxygens (including phenoxy) is 1. The van der Waals surface area contributed by atoms with Gasteiger partial charge >= 0.3 is 11.9 Å². The molecule has 0 aromatic heterocycles. The zero-order valence-electron chi connectivity index (χ0n) is 17.4. The minimum atomic E-state index is -1.53. The molecule has 2 rings (SSSR count). The lowest BCUT2D eigenvalue weighted by molar-refractivity contribution is -0.150. The van der Waals surface area contributed by atoms with Gasteiger partial charge < -0.3 is 14.9 Å². The van der Waals surface area contributed by atoms with Crippen LogP contribution in [0.25, 0.3) is 6.08 Å². The Hall–Kier alpha value is -2.39. The average molecular weight is 466 g/mol. The Morgan fingerprint density at radius 3 is 2.39 bits per heavy atom. The van der Waals surface area contributed by atoms with Crippen LogP contribution in [0.2, 0.25) is 0 Å². The molecule has 1 aliphatic heterocycles. The van der Waals surface area contributed by atoms with Gasteiger partial charge in [0.2, 0.25) is 0 Å². The maximum absolute atomic E-state index is 12.7. The summed E-state index contributed by atoms with van der Waals surface area (Å²) in [7, 11) is 0. The van der Waals surface area contributed by atoms with Crippen LogP contribution >= 0.6 is 24.0 Å². The second-order valence-electron chi connectivity index (χ2n) is 7.19. The van der Waals surface area contributed by atoms with Crippen LogP contribution in [-0.4, -0.2) is 49.9 Å². The van der Waals surface area contributed by atoms with Crippen LogP contribution in [0, 0.1) is 0 Å². The molecule has 1 atom stereocenters. The highest BCUT2D eigenvalue weighted by atomic mass is 32.2. The van der Waals surface area contributed by atoms with Crippen LogP contribution in [0.15, 0.2) is 29.2 Å². The van der Waals surface area contributed by atoms with E-state index in [2.05, 4.69) is 6.92 Å². The Kier molecular flexibility index (Phi) is 10.00. The van der Waals surface area contributed by atoms with E-state index in [1.807, 2.05) is 12.1 Å². The highest BCUT2D eigenvalue weighted by Crippen LogP contribution is 2.34. The first kappa shape index (κ1) is 24.9.